The third-order valence-electron chi connectivity index (χ3n) is 4.54. The number of hydrogen-bond acceptors (Lipinski definition) is 4. The molecule has 4 nitrogen and oxygen atoms in total. The molecule has 1 N–H and O–H groups in total. The van der Waals surface area contributed by atoms with E-state index in [4.69, 9.17) is 4.74 Å². The average molecular weight is 355 g/mol. The van der Waals surface area contributed by atoms with E-state index in [-0.39, 0.29) is 6.10 Å². The minimum atomic E-state index is -1.81. The molecule has 0 aliphatic rings. The molecule has 0 unspecified atom stereocenters. The van der Waals surface area contributed by atoms with Crippen LogP contribution >= 0.6 is 0 Å². The summed E-state index contributed by atoms with van der Waals surface area (Å²) in [4.78, 5) is 15.2. The van der Waals surface area contributed by atoms with E-state index >= 15 is 0 Å². The minimum absolute atomic E-state index is 0.207. The van der Waals surface area contributed by atoms with Crippen LogP contribution in [0.15, 0.2) is 60.7 Å². The van der Waals surface area contributed by atoms with E-state index in [0.29, 0.717) is 11.1 Å². The highest BCUT2D eigenvalue weighted by Gasteiger charge is 2.42. The molecule has 0 radical (unpaired) electrons. The Kier molecular flexibility index (Phi) is 7.37. The number of hydrogen-bond donors (Lipinski definition) is 1. The van der Waals surface area contributed by atoms with Gasteiger partial charge in [-0.3, -0.25) is 0 Å². The molecular formula is C22H29NO3. The lowest BCUT2D eigenvalue weighted by molar-refractivity contribution is -0.168. The molecule has 2 rings (SSSR count). The summed E-state index contributed by atoms with van der Waals surface area (Å²) in [5.41, 5.74) is -0.781. The first-order valence-electron chi connectivity index (χ1n) is 9.17. The van der Waals surface area contributed by atoms with Crippen LogP contribution in [0.25, 0.3) is 0 Å². The van der Waals surface area contributed by atoms with Crippen molar-refractivity contribution in [2.45, 2.75) is 37.9 Å². The Labute approximate surface area is 156 Å². The number of rotatable bonds is 9. The van der Waals surface area contributed by atoms with Gasteiger partial charge in [0.05, 0.1) is 0 Å². The molecule has 0 fully saturated rings. The summed E-state index contributed by atoms with van der Waals surface area (Å²) in [6.45, 7) is 2.94. The fourth-order valence-electron chi connectivity index (χ4n) is 2.98. The maximum absolute atomic E-state index is 13.0. The maximum atomic E-state index is 13.0. The first-order valence-corrected chi connectivity index (χ1v) is 9.17. The normalized spacial score (nSPS) is 12.8. The second-order valence-electron chi connectivity index (χ2n) is 6.82. The van der Waals surface area contributed by atoms with Gasteiger partial charge in [-0.2, -0.15) is 0 Å². The predicted octanol–water partition coefficient (Wildman–Crippen LogP) is 3.59. The quantitative estimate of drug-likeness (QED) is 0.699. The monoisotopic (exact) mass is 355 g/mol. The average Bonchev–Trinajstić information content (AvgIpc) is 2.67. The highest BCUT2D eigenvalue weighted by Crippen LogP contribution is 2.32. The van der Waals surface area contributed by atoms with Crippen molar-refractivity contribution in [2.75, 3.05) is 20.6 Å². The Balaban J connectivity index is 2.24. The van der Waals surface area contributed by atoms with Gasteiger partial charge in [-0.05, 0) is 51.0 Å². The van der Waals surface area contributed by atoms with E-state index in [2.05, 4.69) is 4.90 Å². The minimum Gasteiger partial charge on any atom is -0.460 e. The summed E-state index contributed by atoms with van der Waals surface area (Å²) < 4.78 is 5.75. The van der Waals surface area contributed by atoms with Crippen LogP contribution in [0, 0.1) is 0 Å². The SMILES string of the molecule is CC[C@@H](CCCN(C)C)OC(=O)C(O)(c1ccccc1)c1ccccc1. The number of ether oxygens (including phenoxy) is 1. The Bertz CT molecular complexity index is 631. The smallest absolute Gasteiger partial charge is 0.347 e. The van der Waals surface area contributed by atoms with E-state index in [1.165, 1.54) is 0 Å². The van der Waals surface area contributed by atoms with Gasteiger partial charge in [-0.15, -0.1) is 0 Å². The van der Waals surface area contributed by atoms with Gasteiger partial charge in [-0.25, -0.2) is 4.79 Å². The number of esters is 1. The zero-order valence-electron chi connectivity index (χ0n) is 15.9. The van der Waals surface area contributed by atoms with Crippen molar-refractivity contribution >= 4 is 5.97 Å². The van der Waals surface area contributed by atoms with Crippen molar-refractivity contribution in [2.24, 2.45) is 0 Å². The van der Waals surface area contributed by atoms with Crippen molar-refractivity contribution in [3.05, 3.63) is 71.8 Å². The van der Waals surface area contributed by atoms with Crippen LogP contribution in [-0.4, -0.2) is 42.7 Å². The van der Waals surface area contributed by atoms with Crippen molar-refractivity contribution in [3.8, 4) is 0 Å². The second kappa shape index (κ2) is 9.51. The number of aliphatic hydroxyl groups is 1. The molecule has 1 atom stereocenters. The largest absolute Gasteiger partial charge is 0.460 e. The summed E-state index contributed by atoms with van der Waals surface area (Å²) in [5, 5.41) is 11.4. The van der Waals surface area contributed by atoms with Gasteiger partial charge in [0.1, 0.15) is 6.10 Å². The Hall–Kier alpha value is -2.17. The van der Waals surface area contributed by atoms with E-state index in [1.54, 1.807) is 24.3 Å². The van der Waals surface area contributed by atoms with Gasteiger partial charge in [-0.1, -0.05) is 67.6 Å². The van der Waals surface area contributed by atoms with Crippen molar-refractivity contribution < 1.29 is 14.6 Å². The van der Waals surface area contributed by atoms with Gasteiger partial charge in [0.2, 0.25) is 5.60 Å². The molecule has 2 aromatic rings. The van der Waals surface area contributed by atoms with E-state index in [0.717, 1.165) is 25.8 Å². The molecule has 0 aromatic heterocycles. The molecule has 0 saturated carbocycles. The summed E-state index contributed by atoms with van der Waals surface area (Å²) in [6, 6.07) is 18.0. The van der Waals surface area contributed by atoms with Gasteiger partial charge in [0, 0.05) is 0 Å². The Morgan fingerprint density at radius 3 is 1.96 bits per heavy atom. The third-order valence-corrected chi connectivity index (χ3v) is 4.54. The molecule has 0 heterocycles. The molecule has 26 heavy (non-hydrogen) atoms. The van der Waals surface area contributed by atoms with E-state index < -0.39 is 11.6 Å². The molecule has 0 amide bonds. The highest BCUT2D eigenvalue weighted by atomic mass is 16.6. The number of carbonyl (C=O) groups is 1. The fraction of sp³-hybridized carbons (Fsp3) is 0.409. The molecule has 140 valence electrons. The van der Waals surface area contributed by atoms with Crippen molar-refractivity contribution in [1.82, 2.24) is 4.90 Å². The first-order chi connectivity index (χ1) is 12.5. The number of nitrogens with zero attached hydrogens (tertiary/aromatic N) is 1. The van der Waals surface area contributed by atoms with Crippen LogP contribution in [0.3, 0.4) is 0 Å². The number of carbonyl (C=O) groups excluding carboxylic acids is 1. The van der Waals surface area contributed by atoms with Crippen LogP contribution < -0.4 is 0 Å². The third kappa shape index (κ3) is 4.93. The predicted molar refractivity (Wildman–Crippen MR) is 104 cm³/mol. The molecular weight excluding hydrogens is 326 g/mol. The van der Waals surface area contributed by atoms with Gasteiger partial charge in [0.25, 0.3) is 0 Å². The molecule has 2 aromatic carbocycles. The second-order valence-corrected chi connectivity index (χ2v) is 6.82. The molecule has 0 spiro atoms. The molecule has 0 bridgehead atoms. The van der Waals surface area contributed by atoms with Gasteiger partial charge >= 0.3 is 5.97 Å². The maximum Gasteiger partial charge on any atom is 0.347 e. The summed E-state index contributed by atoms with van der Waals surface area (Å²) in [5.74, 6) is -0.619. The van der Waals surface area contributed by atoms with Crippen molar-refractivity contribution in [1.29, 1.82) is 0 Å². The van der Waals surface area contributed by atoms with Crippen LogP contribution in [-0.2, 0) is 15.1 Å². The van der Waals surface area contributed by atoms with Crippen molar-refractivity contribution in [3.63, 3.8) is 0 Å². The lowest BCUT2D eigenvalue weighted by atomic mass is 9.86. The Morgan fingerprint density at radius 1 is 1.04 bits per heavy atom. The first kappa shape index (κ1) is 20.1. The van der Waals surface area contributed by atoms with Crippen LogP contribution in [0.1, 0.15) is 37.3 Å². The van der Waals surface area contributed by atoms with Crippen LogP contribution in [0.2, 0.25) is 0 Å². The van der Waals surface area contributed by atoms with E-state index in [1.807, 2.05) is 57.4 Å². The van der Waals surface area contributed by atoms with E-state index in [9.17, 15) is 9.90 Å². The molecule has 4 heteroatoms. The van der Waals surface area contributed by atoms with Gasteiger partial charge < -0.3 is 14.7 Å². The topological polar surface area (TPSA) is 49.8 Å². The van der Waals surface area contributed by atoms with Gasteiger partial charge in [0.15, 0.2) is 0 Å². The molecule has 0 aliphatic carbocycles. The molecule has 0 saturated heterocycles. The zero-order chi connectivity index (χ0) is 19.0. The summed E-state index contributed by atoms with van der Waals surface area (Å²) >= 11 is 0. The summed E-state index contributed by atoms with van der Waals surface area (Å²) in [6.07, 6.45) is 2.23. The lowest BCUT2D eigenvalue weighted by Gasteiger charge is -2.29. The van der Waals surface area contributed by atoms with Crippen LogP contribution in [0.5, 0.6) is 0 Å². The molecule has 0 aliphatic heterocycles. The fourth-order valence-corrected chi connectivity index (χ4v) is 2.98. The zero-order valence-corrected chi connectivity index (χ0v) is 15.9. The summed E-state index contributed by atoms with van der Waals surface area (Å²) in [7, 11) is 4.05. The highest BCUT2D eigenvalue weighted by molar-refractivity contribution is 5.85. The standard InChI is InChI=1S/C22H29NO3/c1-4-20(16-11-17-23(2)3)26-21(24)22(25,18-12-7-5-8-13-18)19-14-9-6-10-15-19/h5-10,12-15,20,25H,4,11,16-17H2,1-3H3/t20-/m0/s1. The lowest BCUT2D eigenvalue weighted by Crippen LogP contribution is -2.40. The van der Waals surface area contributed by atoms with Crippen LogP contribution in [0.4, 0.5) is 0 Å². The number of benzene rings is 2. The Morgan fingerprint density at radius 2 is 1.54 bits per heavy atom.